The molecule has 4 heterocycles. The average Bonchev–Trinajstić information content (AvgIpc) is 3.49. The summed E-state index contributed by atoms with van der Waals surface area (Å²) in [4.78, 5) is 17.0. The molecule has 0 saturated heterocycles. The lowest BCUT2D eigenvalue weighted by molar-refractivity contribution is 0.431. The van der Waals surface area contributed by atoms with Crippen LogP contribution in [0.25, 0.3) is 34.5 Å². The van der Waals surface area contributed by atoms with Crippen molar-refractivity contribution in [1.29, 1.82) is 0 Å². The molecule has 0 unspecified atom stereocenters. The predicted octanol–water partition coefficient (Wildman–Crippen LogP) is 3.33. The first-order valence-corrected chi connectivity index (χ1v) is 9.01. The van der Waals surface area contributed by atoms with Gasteiger partial charge in [0.1, 0.15) is 24.7 Å². The highest BCUT2D eigenvalue weighted by molar-refractivity contribution is 9.10. The molecule has 0 amide bonds. The minimum atomic E-state index is 0.339. The predicted molar refractivity (Wildman–Crippen MR) is 103 cm³/mol. The van der Waals surface area contributed by atoms with Gasteiger partial charge in [-0.25, -0.2) is 19.6 Å². The van der Waals surface area contributed by atoms with Crippen LogP contribution in [0.4, 0.5) is 0 Å². The highest BCUT2D eigenvalue weighted by atomic mass is 79.9. The molecule has 0 aliphatic carbocycles. The summed E-state index contributed by atoms with van der Waals surface area (Å²) in [5.41, 5.74) is 2.30. The van der Waals surface area contributed by atoms with E-state index in [-0.39, 0.29) is 0 Å². The van der Waals surface area contributed by atoms with Crippen molar-refractivity contribution in [2.24, 2.45) is 0 Å². The van der Waals surface area contributed by atoms with Gasteiger partial charge in [-0.3, -0.25) is 0 Å². The van der Waals surface area contributed by atoms with Crippen LogP contribution < -0.4 is 0 Å². The number of halogens is 1. The van der Waals surface area contributed by atoms with Crippen LogP contribution in [-0.4, -0.2) is 39.4 Å². The lowest BCUT2D eigenvalue weighted by Gasteiger charge is -2.00. The number of hydrogen-bond acceptors (Lipinski definition) is 7. The molecule has 0 fully saturated rings. The second-order valence-electron chi connectivity index (χ2n) is 5.81. The van der Waals surface area contributed by atoms with Crippen molar-refractivity contribution in [3.8, 4) is 34.5 Å². The Morgan fingerprint density at radius 3 is 2.61 bits per heavy atom. The third-order valence-corrected chi connectivity index (χ3v) is 4.54. The van der Waals surface area contributed by atoms with Crippen LogP contribution in [-0.2, 0) is 0 Å². The number of benzene rings is 1. The van der Waals surface area contributed by atoms with Crippen LogP contribution in [0.1, 0.15) is 0 Å². The van der Waals surface area contributed by atoms with Gasteiger partial charge in [-0.2, -0.15) is 10.1 Å². The average molecular weight is 435 g/mol. The summed E-state index contributed by atoms with van der Waals surface area (Å²) in [6, 6.07) is 11.6. The van der Waals surface area contributed by atoms with Gasteiger partial charge >= 0.3 is 0 Å². The number of pyridine rings is 1. The summed E-state index contributed by atoms with van der Waals surface area (Å²) in [7, 11) is 0. The largest absolute Gasteiger partial charge is 0.332 e. The molecule has 0 N–H and O–H groups in total. The molecule has 28 heavy (non-hydrogen) atoms. The molecule has 5 aromatic rings. The summed E-state index contributed by atoms with van der Waals surface area (Å²) in [5.74, 6) is 1.43. The minimum absolute atomic E-state index is 0.339. The highest BCUT2D eigenvalue weighted by Crippen LogP contribution is 2.22. The maximum atomic E-state index is 5.38. The van der Waals surface area contributed by atoms with E-state index in [0.29, 0.717) is 23.2 Å². The zero-order valence-electron chi connectivity index (χ0n) is 14.2. The SMILES string of the molecule is Brc1ccc(-n2cnc(-c3nc(-c4ccc(-n5cncn5)nc4)no3)c2)cc1. The van der Waals surface area contributed by atoms with E-state index in [0.717, 1.165) is 15.7 Å². The molecule has 5 rings (SSSR count). The lowest BCUT2D eigenvalue weighted by Crippen LogP contribution is -1.97. The standard InChI is InChI=1S/C18H11BrN8O/c19-13-2-4-14(5-3-13)26-8-15(22-11-26)18-24-17(25-28-18)12-1-6-16(21-7-12)27-10-20-9-23-27/h1-11H. The maximum Gasteiger partial charge on any atom is 0.278 e. The Hall–Kier alpha value is -3.66. The monoisotopic (exact) mass is 434 g/mol. The molecule has 136 valence electrons. The van der Waals surface area contributed by atoms with Gasteiger partial charge in [0, 0.05) is 28.1 Å². The van der Waals surface area contributed by atoms with Gasteiger partial charge in [0.2, 0.25) is 5.82 Å². The van der Waals surface area contributed by atoms with E-state index in [9.17, 15) is 0 Å². The van der Waals surface area contributed by atoms with E-state index >= 15 is 0 Å². The van der Waals surface area contributed by atoms with Crippen LogP contribution in [0.15, 0.2) is 76.8 Å². The molecule has 0 aliphatic heterocycles. The molecule has 0 atom stereocenters. The molecule has 10 heteroatoms. The molecule has 1 aromatic carbocycles. The van der Waals surface area contributed by atoms with E-state index in [1.807, 2.05) is 47.2 Å². The van der Waals surface area contributed by atoms with Crippen molar-refractivity contribution < 1.29 is 4.52 Å². The second kappa shape index (κ2) is 6.82. The molecule has 0 saturated carbocycles. The van der Waals surface area contributed by atoms with Gasteiger partial charge in [0.05, 0.1) is 0 Å². The van der Waals surface area contributed by atoms with Crippen LogP contribution in [0.2, 0.25) is 0 Å². The lowest BCUT2D eigenvalue weighted by atomic mass is 10.2. The first kappa shape index (κ1) is 16.5. The Morgan fingerprint density at radius 2 is 1.86 bits per heavy atom. The zero-order valence-corrected chi connectivity index (χ0v) is 15.8. The van der Waals surface area contributed by atoms with Gasteiger partial charge in [0.15, 0.2) is 5.82 Å². The number of nitrogens with zero attached hydrogens (tertiary/aromatic N) is 8. The summed E-state index contributed by atoms with van der Waals surface area (Å²) >= 11 is 3.43. The van der Waals surface area contributed by atoms with Crippen LogP contribution in [0.3, 0.4) is 0 Å². The van der Waals surface area contributed by atoms with Crippen molar-refractivity contribution in [1.82, 2.24) is 39.4 Å². The topological polar surface area (TPSA) is 100 Å². The molecule has 0 spiro atoms. The molecule has 0 bridgehead atoms. The van der Waals surface area contributed by atoms with Crippen molar-refractivity contribution in [2.45, 2.75) is 0 Å². The molecular formula is C18H11BrN8O. The molecule has 4 aromatic heterocycles. The molecule has 0 aliphatic rings. The van der Waals surface area contributed by atoms with Crippen molar-refractivity contribution in [3.63, 3.8) is 0 Å². The van der Waals surface area contributed by atoms with E-state index in [2.05, 4.69) is 46.1 Å². The van der Waals surface area contributed by atoms with E-state index in [1.165, 1.54) is 6.33 Å². The summed E-state index contributed by atoms with van der Waals surface area (Å²) in [6.07, 6.45) is 8.24. The summed E-state index contributed by atoms with van der Waals surface area (Å²) in [5, 5.41) is 8.08. The first-order chi connectivity index (χ1) is 13.8. The highest BCUT2D eigenvalue weighted by Gasteiger charge is 2.14. The Kier molecular flexibility index (Phi) is 4.02. The number of rotatable bonds is 4. The normalized spacial score (nSPS) is 11.0. The van der Waals surface area contributed by atoms with E-state index < -0.39 is 0 Å². The van der Waals surface area contributed by atoms with Crippen molar-refractivity contribution in [2.75, 3.05) is 0 Å². The van der Waals surface area contributed by atoms with E-state index in [1.54, 1.807) is 23.5 Å². The van der Waals surface area contributed by atoms with Gasteiger partial charge in [-0.15, -0.1) is 0 Å². The Labute approximate surface area is 166 Å². The number of hydrogen-bond donors (Lipinski definition) is 0. The third-order valence-electron chi connectivity index (χ3n) is 4.01. The van der Waals surface area contributed by atoms with Crippen molar-refractivity contribution >= 4 is 15.9 Å². The van der Waals surface area contributed by atoms with Gasteiger partial charge < -0.3 is 9.09 Å². The fraction of sp³-hybridized carbons (Fsp3) is 0. The Balaban J connectivity index is 1.40. The van der Waals surface area contributed by atoms with Crippen LogP contribution in [0.5, 0.6) is 0 Å². The van der Waals surface area contributed by atoms with Gasteiger partial charge in [-0.05, 0) is 36.4 Å². The maximum absolute atomic E-state index is 5.38. The van der Waals surface area contributed by atoms with Crippen LogP contribution in [0, 0.1) is 0 Å². The first-order valence-electron chi connectivity index (χ1n) is 8.22. The number of aromatic nitrogens is 8. The minimum Gasteiger partial charge on any atom is -0.332 e. The van der Waals surface area contributed by atoms with E-state index in [4.69, 9.17) is 4.52 Å². The fourth-order valence-corrected chi connectivity index (χ4v) is 2.88. The Morgan fingerprint density at radius 1 is 0.964 bits per heavy atom. The summed E-state index contributed by atoms with van der Waals surface area (Å²) < 4.78 is 9.85. The van der Waals surface area contributed by atoms with Crippen molar-refractivity contribution in [3.05, 3.63) is 72.2 Å². The second-order valence-corrected chi connectivity index (χ2v) is 6.73. The smallest absolute Gasteiger partial charge is 0.278 e. The molecular weight excluding hydrogens is 424 g/mol. The third kappa shape index (κ3) is 3.09. The quantitative estimate of drug-likeness (QED) is 0.427. The van der Waals surface area contributed by atoms with Gasteiger partial charge in [-0.1, -0.05) is 21.1 Å². The Bertz CT molecular complexity index is 1210. The summed E-state index contributed by atoms with van der Waals surface area (Å²) in [6.45, 7) is 0. The molecule has 0 radical (unpaired) electrons. The fourth-order valence-electron chi connectivity index (χ4n) is 2.61. The van der Waals surface area contributed by atoms with Crippen LogP contribution >= 0.6 is 15.9 Å². The number of imidazole rings is 1. The zero-order chi connectivity index (χ0) is 18.9. The molecule has 9 nitrogen and oxygen atoms in total. The van der Waals surface area contributed by atoms with Gasteiger partial charge in [0.25, 0.3) is 5.89 Å².